The van der Waals surface area contributed by atoms with Crippen LogP contribution in [0.4, 0.5) is 4.39 Å². The Morgan fingerprint density at radius 1 is 1.38 bits per heavy atom. The normalized spacial score (nSPS) is 17.2. The van der Waals surface area contributed by atoms with Crippen LogP contribution in [0.3, 0.4) is 0 Å². The molecule has 2 amide bonds. The summed E-state index contributed by atoms with van der Waals surface area (Å²) in [6, 6.07) is 6.19. The quantitative estimate of drug-likeness (QED) is 0.822. The molecule has 3 rings (SSSR count). The highest BCUT2D eigenvalue weighted by Gasteiger charge is 2.32. The number of benzene rings is 1. The molecule has 0 spiro atoms. The molecular formula is C19H21FN4O2. The maximum Gasteiger partial charge on any atom is 0.227 e. The highest BCUT2D eigenvalue weighted by Crippen LogP contribution is 2.22. The zero-order valence-electron chi connectivity index (χ0n) is 14.6. The first kappa shape index (κ1) is 18.0. The van der Waals surface area contributed by atoms with E-state index in [1.54, 1.807) is 47.6 Å². The van der Waals surface area contributed by atoms with Crippen molar-refractivity contribution in [1.29, 1.82) is 0 Å². The summed E-state index contributed by atoms with van der Waals surface area (Å²) < 4.78 is 13.4. The van der Waals surface area contributed by atoms with E-state index in [-0.39, 0.29) is 23.5 Å². The van der Waals surface area contributed by atoms with Crippen LogP contribution in [0.15, 0.2) is 42.9 Å². The fourth-order valence-electron chi connectivity index (χ4n) is 3.17. The fraction of sp³-hybridized carbons (Fsp3) is 0.368. The van der Waals surface area contributed by atoms with Crippen molar-refractivity contribution in [2.75, 3.05) is 13.6 Å². The van der Waals surface area contributed by atoms with Gasteiger partial charge in [-0.05, 0) is 24.1 Å². The number of piperidine rings is 1. The van der Waals surface area contributed by atoms with Crippen LogP contribution in [-0.4, -0.2) is 45.2 Å². The molecule has 0 N–H and O–H groups in total. The number of nitrogens with zero attached hydrogens (tertiary/aromatic N) is 4. The average molecular weight is 356 g/mol. The minimum absolute atomic E-state index is 0.00473. The largest absolute Gasteiger partial charge is 0.339 e. The van der Waals surface area contributed by atoms with Gasteiger partial charge in [0, 0.05) is 39.0 Å². The van der Waals surface area contributed by atoms with Crippen LogP contribution in [0.25, 0.3) is 0 Å². The summed E-state index contributed by atoms with van der Waals surface area (Å²) in [6.45, 7) is 1.04. The molecule has 1 aromatic carbocycles. The topological polar surface area (TPSA) is 66.4 Å². The zero-order valence-corrected chi connectivity index (χ0v) is 14.6. The Kier molecular flexibility index (Phi) is 5.55. The van der Waals surface area contributed by atoms with Crippen LogP contribution in [-0.2, 0) is 22.7 Å². The molecule has 26 heavy (non-hydrogen) atoms. The fourth-order valence-corrected chi connectivity index (χ4v) is 3.17. The number of amides is 2. The lowest BCUT2D eigenvalue weighted by atomic mass is 9.95. The lowest BCUT2D eigenvalue weighted by molar-refractivity contribution is -0.143. The summed E-state index contributed by atoms with van der Waals surface area (Å²) in [5, 5.41) is 0. The summed E-state index contributed by atoms with van der Waals surface area (Å²) in [7, 11) is 1.73. The molecule has 1 aliphatic rings. The van der Waals surface area contributed by atoms with Gasteiger partial charge >= 0.3 is 0 Å². The van der Waals surface area contributed by atoms with Crippen LogP contribution in [0.2, 0.25) is 0 Å². The van der Waals surface area contributed by atoms with E-state index in [0.29, 0.717) is 38.2 Å². The van der Waals surface area contributed by atoms with E-state index in [1.165, 1.54) is 12.1 Å². The number of hydrogen-bond donors (Lipinski definition) is 0. The van der Waals surface area contributed by atoms with Crippen molar-refractivity contribution in [2.24, 2.45) is 5.92 Å². The van der Waals surface area contributed by atoms with Gasteiger partial charge in [0.25, 0.3) is 0 Å². The molecule has 1 fully saturated rings. The van der Waals surface area contributed by atoms with Crippen LogP contribution >= 0.6 is 0 Å². The summed E-state index contributed by atoms with van der Waals surface area (Å²) in [5.74, 6) is -0.617. The van der Waals surface area contributed by atoms with Crippen LogP contribution < -0.4 is 0 Å². The Morgan fingerprint density at radius 3 is 2.96 bits per heavy atom. The molecule has 2 heterocycles. The molecule has 1 aromatic heterocycles. The zero-order chi connectivity index (χ0) is 18.5. The first-order chi connectivity index (χ1) is 12.5. The van der Waals surface area contributed by atoms with Crippen molar-refractivity contribution in [3.63, 3.8) is 0 Å². The summed E-state index contributed by atoms with van der Waals surface area (Å²) in [4.78, 5) is 36.4. The summed E-state index contributed by atoms with van der Waals surface area (Å²) in [6.07, 6.45) is 5.66. The Labute approximate surface area is 151 Å². The maximum absolute atomic E-state index is 13.4. The van der Waals surface area contributed by atoms with Crippen molar-refractivity contribution in [3.8, 4) is 0 Å². The number of halogens is 1. The van der Waals surface area contributed by atoms with Crippen molar-refractivity contribution in [2.45, 2.75) is 25.9 Å². The second-order valence-electron chi connectivity index (χ2n) is 6.53. The van der Waals surface area contributed by atoms with E-state index in [4.69, 9.17) is 0 Å². The monoisotopic (exact) mass is 356 g/mol. The second-order valence-corrected chi connectivity index (χ2v) is 6.53. The molecule has 1 saturated heterocycles. The molecule has 0 aliphatic carbocycles. The lowest BCUT2D eigenvalue weighted by Gasteiger charge is -2.34. The van der Waals surface area contributed by atoms with Gasteiger partial charge in [0.2, 0.25) is 11.8 Å². The number of rotatable bonds is 5. The first-order valence-corrected chi connectivity index (χ1v) is 8.55. The van der Waals surface area contributed by atoms with Gasteiger partial charge in [0.15, 0.2) is 0 Å². The standard InChI is InChI=1S/C19H21FN4O2/c1-23(13-17-10-21-7-8-22-17)19(26)15-5-6-18(25)24(12-15)11-14-3-2-4-16(20)9-14/h2-4,7-10,15H,5-6,11-13H2,1H3. The van der Waals surface area contributed by atoms with Crippen LogP contribution in [0.5, 0.6) is 0 Å². The molecular weight excluding hydrogens is 335 g/mol. The first-order valence-electron chi connectivity index (χ1n) is 8.55. The van der Waals surface area contributed by atoms with Gasteiger partial charge < -0.3 is 9.80 Å². The Morgan fingerprint density at radius 2 is 2.23 bits per heavy atom. The number of aromatic nitrogens is 2. The van der Waals surface area contributed by atoms with E-state index in [9.17, 15) is 14.0 Å². The Hall–Kier alpha value is -2.83. The SMILES string of the molecule is CN(Cc1cnccn1)C(=O)C1CCC(=O)N(Cc2cccc(F)c2)C1. The number of carbonyl (C=O) groups is 2. The Bertz CT molecular complexity index is 784. The molecule has 0 saturated carbocycles. The summed E-state index contributed by atoms with van der Waals surface area (Å²) >= 11 is 0. The molecule has 0 radical (unpaired) electrons. The predicted molar refractivity (Wildman–Crippen MR) is 93.0 cm³/mol. The van der Waals surface area contributed by atoms with Gasteiger partial charge in [-0.3, -0.25) is 19.6 Å². The van der Waals surface area contributed by atoms with Gasteiger partial charge in [0.1, 0.15) is 5.82 Å². The smallest absolute Gasteiger partial charge is 0.227 e. The molecule has 0 bridgehead atoms. The van der Waals surface area contributed by atoms with Gasteiger partial charge in [0.05, 0.1) is 24.4 Å². The highest BCUT2D eigenvalue weighted by molar-refractivity contribution is 5.83. The predicted octanol–water partition coefficient (Wildman–Crippen LogP) is 2.01. The third kappa shape index (κ3) is 4.41. The molecule has 136 valence electrons. The van der Waals surface area contributed by atoms with Crippen molar-refractivity contribution >= 4 is 11.8 Å². The van der Waals surface area contributed by atoms with Gasteiger partial charge in [-0.1, -0.05) is 12.1 Å². The highest BCUT2D eigenvalue weighted by atomic mass is 19.1. The molecule has 2 aromatic rings. The third-order valence-corrected chi connectivity index (χ3v) is 4.50. The van der Waals surface area contributed by atoms with Crippen molar-refractivity contribution in [1.82, 2.24) is 19.8 Å². The van der Waals surface area contributed by atoms with Gasteiger partial charge in [-0.2, -0.15) is 0 Å². The number of carbonyl (C=O) groups excluding carboxylic acids is 2. The molecule has 1 aliphatic heterocycles. The molecule has 7 heteroatoms. The van der Waals surface area contributed by atoms with Crippen molar-refractivity contribution in [3.05, 3.63) is 59.9 Å². The lowest BCUT2D eigenvalue weighted by Crippen LogP contribution is -2.45. The van der Waals surface area contributed by atoms with Crippen LogP contribution in [0, 0.1) is 11.7 Å². The number of likely N-dealkylation sites (tertiary alicyclic amines) is 1. The third-order valence-electron chi connectivity index (χ3n) is 4.50. The van der Waals surface area contributed by atoms with E-state index >= 15 is 0 Å². The van der Waals surface area contributed by atoms with E-state index < -0.39 is 0 Å². The molecule has 1 unspecified atom stereocenters. The van der Waals surface area contributed by atoms with E-state index in [1.807, 2.05) is 0 Å². The van der Waals surface area contributed by atoms with E-state index in [0.717, 1.165) is 5.56 Å². The molecule has 6 nitrogen and oxygen atoms in total. The van der Waals surface area contributed by atoms with Crippen molar-refractivity contribution < 1.29 is 14.0 Å². The second kappa shape index (κ2) is 8.03. The average Bonchev–Trinajstić information content (AvgIpc) is 2.64. The minimum atomic E-state index is -0.330. The Balaban J connectivity index is 1.63. The van der Waals surface area contributed by atoms with E-state index in [2.05, 4.69) is 9.97 Å². The van der Waals surface area contributed by atoms with Gasteiger partial charge in [-0.25, -0.2) is 4.39 Å². The van der Waals surface area contributed by atoms with Crippen LogP contribution in [0.1, 0.15) is 24.1 Å². The minimum Gasteiger partial charge on any atom is -0.339 e. The maximum atomic E-state index is 13.4. The van der Waals surface area contributed by atoms with Gasteiger partial charge in [-0.15, -0.1) is 0 Å². The molecule has 1 atom stereocenters. The summed E-state index contributed by atoms with van der Waals surface area (Å²) in [5.41, 5.74) is 1.44. The number of hydrogen-bond acceptors (Lipinski definition) is 4.